The quantitative estimate of drug-likeness (QED) is 0.377. The van der Waals surface area contributed by atoms with Crippen LogP contribution in [0.25, 0.3) is 10.4 Å². The summed E-state index contributed by atoms with van der Waals surface area (Å²) in [6, 6.07) is 0. The van der Waals surface area contributed by atoms with E-state index in [1.807, 2.05) is 0 Å². The minimum absolute atomic E-state index is 0.00125. The number of nitrogens with zero attached hydrogens (tertiary/aromatic N) is 3. The zero-order valence-electron chi connectivity index (χ0n) is 9.80. The lowest BCUT2D eigenvalue weighted by molar-refractivity contribution is -0.144. The molecule has 0 aliphatic heterocycles. The van der Waals surface area contributed by atoms with Crippen LogP contribution in [0.3, 0.4) is 0 Å². The molecule has 0 bridgehead atoms. The Hall–Kier alpha value is -2.14. The molecule has 0 aliphatic rings. The summed E-state index contributed by atoms with van der Waals surface area (Å²) in [6.45, 7) is 5.00. The molecule has 7 heteroatoms. The number of esters is 1. The molecule has 0 amide bonds. The lowest BCUT2D eigenvalue weighted by atomic mass is 10.1. The summed E-state index contributed by atoms with van der Waals surface area (Å²) < 4.78 is 10.0. The first-order valence-corrected chi connectivity index (χ1v) is 5.06. The molecule has 1 heterocycles. The molecular formula is C10H13N3O4. The minimum atomic E-state index is -0.753. The van der Waals surface area contributed by atoms with E-state index in [0.29, 0.717) is 0 Å². The molecule has 0 radical (unpaired) electrons. The van der Waals surface area contributed by atoms with Crippen LogP contribution in [0, 0.1) is 6.92 Å². The van der Waals surface area contributed by atoms with Crippen LogP contribution in [0.2, 0.25) is 0 Å². The highest BCUT2D eigenvalue weighted by molar-refractivity contribution is 5.79. The normalized spacial score (nSPS) is 11.7. The number of azide groups is 1. The van der Waals surface area contributed by atoms with E-state index < -0.39 is 11.9 Å². The maximum absolute atomic E-state index is 11.5. The molecule has 1 aromatic heterocycles. The Morgan fingerprint density at radius 1 is 1.71 bits per heavy atom. The number of hydrogen-bond acceptors (Lipinski definition) is 5. The highest BCUT2D eigenvalue weighted by atomic mass is 16.5. The van der Waals surface area contributed by atoms with Gasteiger partial charge in [0.15, 0.2) is 11.5 Å². The van der Waals surface area contributed by atoms with Gasteiger partial charge in [0.1, 0.15) is 17.4 Å². The van der Waals surface area contributed by atoms with Gasteiger partial charge in [0.05, 0.1) is 6.61 Å². The second-order valence-corrected chi connectivity index (χ2v) is 3.38. The molecule has 7 nitrogen and oxygen atoms in total. The average molecular weight is 239 g/mol. The molecule has 0 saturated carbocycles. The van der Waals surface area contributed by atoms with Gasteiger partial charge in [-0.15, -0.1) is 0 Å². The lowest BCUT2D eigenvalue weighted by Gasteiger charge is -2.07. The molecule has 0 aromatic carbocycles. The van der Waals surface area contributed by atoms with Crippen molar-refractivity contribution >= 4 is 11.7 Å². The number of carbonyl (C=O) groups excluding carboxylic acids is 1. The second kappa shape index (κ2) is 5.27. The smallest absolute Gasteiger partial charge is 0.316 e. The maximum Gasteiger partial charge on any atom is 0.316 e. The summed E-state index contributed by atoms with van der Waals surface area (Å²) in [6.07, 6.45) is 0. The molecule has 1 atom stereocenters. The Bertz CT molecular complexity index is 474. The molecule has 92 valence electrons. The number of carbonyl (C=O) groups is 1. The van der Waals surface area contributed by atoms with Crippen molar-refractivity contribution in [3.05, 3.63) is 22.0 Å². The standard InChI is InChI=1S/C10H13N3O4/c1-4-16-10(15)5(2)9-8(14)7(12-13-11)6(3)17-9/h5,14H,4H2,1-3H3. The van der Waals surface area contributed by atoms with Crippen LogP contribution >= 0.6 is 0 Å². The third-order valence-electron chi connectivity index (χ3n) is 2.23. The lowest BCUT2D eigenvalue weighted by Crippen LogP contribution is -2.12. The molecule has 1 N–H and O–H groups in total. The highest BCUT2D eigenvalue weighted by Crippen LogP contribution is 2.40. The zero-order chi connectivity index (χ0) is 13.0. The van der Waals surface area contributed by atoms with Crippen molar-refractivity contribution < 1.29 is 19.1 Å². The minimum Gasteiger partial charge on any atom is -0.504 e. The number of rotatable bonds is 4. The van der Waals surface area contributed by atoms with Gasteiger partial charge in [-0.2, -0.15) is 0 Å². The largest absolute Gasteiger partial charge is 0.504 e. The van der Waals surface area contributed by atoms with Gasteiger partial charge in [0.25, 0.3) is 0 Å². The Balaban J connectivity index is 3.11. The second-order valence-electron chi connectivity index (χ2n) is 3.38. The fourth-order valence-electron chi connectivity index (χ4n) is 1.38. The third kappa shape index (κ3) is 2.51. The van der Waals surface area contributed by atoms with Gasteiger partial charge in [-0.3, -0.25) is 4.79 Å². The SMILES string of the molecule is CCOC(=O)C(C)c1oc(C)c(N=[N+]=[N-])c1O. The molecule has 1 aromatic rings. The number of hydrogen-bond donors (Lipinski definition) is 1. The van der Waals surface area contributed by atoms with E-state index in [1.54, 1.807) is 6.92 Å². The molecule has 1 unspecified atom stereocenters. The number of aromatic hydroxyl groups is 1. The molecule has 1 rings (SSSR count). The molecular weight excluding hydrogens is 226 g/mol. The van der Waals surface area contributed by atoms with E-state index in [9.17, 15) is 9.90 Å². The monoisotopic (exact) mass is 239 g/mol. The van der Waals surface area contributed by atoms with Crippen LogP contribution in [0.15, 0.2) is 9.53 Å². The van der Waals surface area contributed by atoms with E-state index in [1.165, 1.54) is 13.8 Å². The average Bonchev–Trinajstić information content (AvgIpc) is 2.57. The molecule has 0 saturated heterocycles. The summed E-state index contributed by atoms with van der Waals surface area (Å²) in [7, 11) is 0. The van der Waals surface area contributed by atoms with Gasteiger partial charge in [-0.1, -0.05) is 5.11 Å². The third-order valence-corrected chi connectivity index (χ3v) is 2.23. The summed E-state index contributed by atoms with van der Waals surface area (Å²) in [5, 5.41) is 13.1. The van der Waals surface area contributed by atoms with Crippen LogP contribution in [0.1, 0.15) is 31.3 Å². The fourth-order valence-corrected chi connectivity index (χ4v) is 1.38. The summed E-state index contributed by atoms with van der Waals surface area (Å²) in [5.41, 5.74) is 8.32. The Morgan fingerprint density at radius 3 is 2.88 bits per heavy atom. The Labute approximate surface area is 97.6 Å². The van der Waals surface area contributed by atoms with Gasteiger partial charge < -0.3 is 14.3 Å². The van der Waals surface area contributed by atoms with Gasteiger partial charge in [0.2, 0.25) is 0 Å². The Kier molecular flexibility index (Phi) is 4.01. The summed E-state index contributed by atoms with van der Waals surface area (Å²) in [5.74, 6) is -1.28. The van der Waals surface area contributed by atoms with Crippen molar-refractivity contribution in [2.24, 2.45) is 5.11 Å². The van der Waals surface area contributed by atoms with Crippen molar-refractivity contribution in [2.45, 2.75) is 26.7 Å². The van der Waals surface area contributed by atoms with E-state index in [4.69, 9.17) is 14.7 Å². The van der Waals surface area contributed by atoms with Gasteiger partial charge in [-0.05, 0) is 26.3 Å². The number of ether oxygens (including phenoxy) is 1. The van der Waals surface area contributed by atoms with Crippen LogP contribution in [-0.2, 0) is 9.53 Å². The molecule has 0 spiro atoms. The predicted octanol–water partition coefficient (Wildman–Crippen LogP) is 2.90. The first kappa shape index (κ1) is 12.9. The van der Waals surface area contributed by atoms with E-state index in [2.05, 4.69) is 10.0 Å². The summed E-state index contributed by atoms with van der Waals surface area (Å²) >= 11 is 0. The number of furan rings is 1. The predicted molar refractivity (Wildman–Crippen MR) is 59.0 cm³/mol. The Morgan fingerprint density at radius 2 is 2.35 bits per heavy atom. The van der Waals surface area contributed by atoms with Crippen molar-refractivity contribution in [1.82, 2.24) is 0 Å². The molecule has 0 fully saturated rings. The van der Waals surface area contributed by atoms with Crippen molar-refractivity contribution in [3.63, 3.8) is 0 Å². The van der Waals surface area contributed by atoms with Gasteiger partial charge in [-0.25, -0.2) is 0 Å². The first-order chi connectivity index (χ1) is 8.02. The van der Waals surface area contributed by atoms with Gasteiger partial charge >= 0.3 is 5.97 Å². The van der Waals surface area contributed by atoms with Crippen LogP contribution < -0.4 is 0 Å². The number of aryl methyl sites for hydroxylation is 1. The van der Waals surface area contributed by atoms with Crippen LogP contribution in [0.4, 0.5) is 5.69 Å². The molecule has 0 aliphatic carbocycles. The van der Waals surface area contributed by atoms with Gasteiger partial charge in [0, 0.05) is 4.91 Å². The van der Waals surface area contributed by atoms with Crippen LogP contribution in [-0.4, -0.2) is 17.7 Å². The van der Waals surface area contributed by atoms with E-state index in [0.717, 1.165) is 0 Å². The molecule has 17 heavy (non-hydrogen) atoms. The van der Waals surface area contributed by atoms with Crippen molar-refractivity contribution in [1.29, 1.82) is 0 Å². The van der Waals surface area contributed by atoms with Crippen molar-refractivity contribution in [3.8, 4) is 5.75 Å². The summed E-state index contributed by atoms with van der Waals surface area (Å²) in [4.78, 5) is 14.0. The highest BCUT2D eigenvalue weighted by Gasteiger charge is 2.27. The topological polar surface area (TPSA) is 108 Å². The first-order valence-electron chi connectivity index (χ1n) is 5.06. The van der Waals surface area contributed by atoms with E-state index in [-0.39, 0.29) is 29.6 Å². The van der Waals surface area contributed by atoms with E-state index >= 15 is 0 Å². The van der Waals surface area contributed by atoms with Crippen molar-refractivity contribution in [2.75, 3.05) is 6.61 Å². The fraction of sp³-hybridized carbons (Fsp3) is 0.500. The van der Waals surface area contributed by atoms with Crippen LogP contribution in [0.5, 0.6) is 5.75 Å². The maximum atomic E-state index is 11.5. The zero-order valence-corrected chi connectivity index (χ0v) is 9.80.